The van der Waals surface area contributed by atoms with Gasteiger partial charge in [0.2, 0.25) is 0 Å². The Morgan fingerprint density at radius 2 is 0.597 bits per heavy atom. The third-order valence-corrected chi connectivity index (χ3v) is 27.3. The van der Waals surface area contributed by atoms with Gasteiger partial charge >= 0.3 is 0 Å². The summed E-state index contributed by atoms with van der Waals surface area (Å²) in [5.74, 6) is 0. The summed E-state index contributed by atoms with van der Waals surface area (Å²) >= 11 is 0. The van der Waals surface area contributed by atoms with E-state index in [2.05, 4.69) is 456 Å². The summed E-state index contributed by atoms with van der Waals surface area (Å²) in [7, 11) is 8.65. The molecule has 0 fully saturated rings. The van der Waals surface area contributed by atoms with Gasteiger partial charge in [0.15, 0.2) is 0 Å². The number of hydrogen-bond donors (Lipinski definition) is 0. The Morgan fingerprint density at radius 3 is 0.979 bits per heavy atom. The van der Waals surface area contributed by atoms with E-state index in [-0.39, 0.29) is 0 Å². The smallest absolute Gasteiger partial charge is 0.0888 e. The zero-order chi connectivity index (χ0) is 99.2. The topological polar surface area (TPSA) is 107 Å². The first-order valence-corrected chi connectivity index (χ1v) is 48.9. The first-order chi connectivity index (χ1) is 70.3. The molecule has 0 saturated carbocycles. The fourth-order valence-corrected chi connectivity index (χ4v) is 19.9. The van der Waals surface area contributed by atoms with Gasteiger partial charge in [0.05, 0.1) is 116 Å². The Bertz CT molecular complexity index is 8750. The lowest BCUT2D eigenvalue weighted by molar-refractivity contribution is 0.986. The molecule has 12 heteroatoms. The van der Waals surface area contributed by atoms with Gasteiger partial charge < -0.3 is 27.4 Å². The number of allylic oxidation sites excluding steroid dienone is 8. The quantitative estimate of drug-likeness (QED) is 0.106. The summed E-state index contributed by atoms with van der Waals surface area (Å²) < 4.78 is 14.1. The number of hydrogen-bond acceptors (Lipinski definition) is 6. The van der Waals surface area contributed by atoms with Crippen LogP contribution in [0.25, 0.3) is 211 Å². The lowest BCUT2D eigenvalue weighted by Gasteiger charge is -2.19. The molecule has 700 valence electrons. The van der Waals surface area contributed by atoms with Crippen LogP contribution in [0.2, 0.25) is 0 Å². The fourth-order valence-electron chi connectivity index (χ4n) is 19.9. The third-order valence-electron chi connectivity index (χ3n) is 27.3. The summed E-state index contributed by atoms with van der Waals surface area (Å²) in [6.07, 6.45) is 26.3. The largest absolute Gasteiger partial charge is 0.344 e. The predicted molar refractivity (Wildman–Crippen MR) is 612 cm³/mol. The molecule has 0 radical (unpaired) electrons. The van der Waals surface area contributed by atoms with Crippen LogP contribution in [0.3, 0.4) is 0 Å². The summed E-state index contributed by atoms with van der Waals surface area (Å²) in [5.41, 5.74) is 39.4. The van der Waals surface area contributed by atoms with Crippen LogP contribution in [-0.2, 0) is 28.2 Å². The molecule has 16 aromatic carbocycles. The van der Waals surface area contributed by atoms with Gasteiger partial charge in [-0.3, -0.25) is 29.9 Å². The lowest BCUT2D eigenvalue weighted by atomic mass is 9.98. The van der Waals surface area contributed by atoms with Crippen molar-refractivity contribution >= 4 is 143 Å². The van der Waals surface area contributed by atoms with E-state index < -0.39 is 0 Å². The van der Waals surface area contributed by atoms with Gasteiger partial charge in [0.1, 0.15) is 0 Å². The van der Waals surface area contributed by atoms with E-state index in [1.54, 1.807) is 24.8 Å². The number of fused-ring (bicyclic) bond motifs is 19. The summed E-state index contributed by atoms with van der Waals surface area (Å²) in [5, 5.41) is 15.7. The molecule has 144 heavy (non-hydrogen) atoms. The molecule has 25 rings (SSSR count). The van der Waals surface area contributed by atoms with Crippen LogP contribution in [0.4, 0.5) is 0 Å². The fraction of sp³-hybridized carbons (Fsp3) is 0.0909. The standard InChI is InChI=1S/C38H28N2.2C20H16N2.C18H16N2.2C18H18N2/c1-25-19-21-31(37(23-25)39-33-15-7-3-11-27(33)28-12-4-8-16-34(28)39)32-22-20-26(2)24-38(32)40-35-17-9-5-13-29(35)30-14-6-10-18-36(30)40;1-21-17-9-5-3-7-13(17)15-12-20-16(11-19(15)21)14-8-4-6-10-18(14)22(20)2;1-21-17-9-5-3-7-13(17)15-11-12-16-14-8-4-6-10-18(14)22(2)20(16)19(15)21;1-13-7-3-5-9-15(13)17-11-20-18(12-19-17)16-10-6-4-8-14(16)2;1-14(2)7-4-5-10-17-12-20-18(13-19-17)16-9-6-8-15(3)11-16;1-4-14(2)6-5-7-17-12-20-18(13-19-17)16-10-8-15(3)9-11-16/h3-24H,1-2H3;2*3-12H,1-2H3;3-12H,1-2H3;2*4-13H,1H2,2-3H3/b;;;;7-4-,10-5+;7-5+,14-6-. The van der Waals surface area contributed by atoms with Gasteiger partial charge in [-0.2, -0.15) is 0 Å². The van der Waals surface area contributed by atoms with Gasteiger partial charge in [0.25, 0.3) is 0 Å². The van der Waals surface area contributed by atoms with Crippen molar-refractivity contribution in [2.24, 2.45) is 28.2 Å². The molecular weight excluding hydrogens is 1750 g/mol. The minimum atomic E-state index is 0.841. The van der Waals surface area contributed by atoms with E-state index in [0.29, 0.717) is 0 Å². The highest BCUT2D eigenvalue weighted by Crippen LogP contribution is 2.44. The van der Waals surface area contributed by atoms with E-state index in [4.69, 9.17) is 0 Å². The molecule has 0 bridgehead atoms. The monoisotopic (exact) mass is 1860 g/mol. The highest BCUT2D eigenvalue weighted by molar-refractivity contribution is 6.23. The minimum absolute atomic E-state index is 0.841. The Morgan fingerprint density at radius 1 is 0.257 bits per heavy atom. The number of rotatable bonds is 13. The molecule has 0 spiro atoms. The van der Waals surface area contributed by atoms with Crippen molar-refractivity contribution < 1.29 is 0 Å². The minimum Gasteiger partial charge on any atom is -0.344 e. The van der Waals surface area contributed by atoms with E-state index in [1.807, 2.05) is 111 Å². The molecule has 0 unspecified atom stereocenters. The zero-order valence-corrected chi connectivity index (χ0v) is 83.3. The maximum atomic E-state index is 4.56. The van der Waals surface area contributed by atoms with Crippen molar-refractivity contribution in [2.75, 3.05) is 0 Å². The molecule has 0 amide bonds. The molecule has 0 saturated heterocycles. The van der Waals surface area contributed by atoms with Crippen LogP contribution in [0.15, 0.2) is 450 Å². The molecule has 0 N–H and O–H groups in total. The normalized spacial score (nSPS) is 11.6. The second kappa shape index (κ2) is 41.2. The zero-order valence-electron chi connectivity index (χ0n) is 83.3. The van der Waals surface area contributed by atoms with E-state index >= 15 is 0 Å². The number of aryl methyl sites for hydroxylation is 10. The van der Waals surface area contributed by atoms with Crippen LogP contribution in [0.5, 0.6) is 0 Å². The van der Waals surface area contributed by atoms with Crippen molar-refractivity contribution in [3.8, 4) is 67.5 Å². The van der Waals surface area contributed by atoms with Gasteiger partial charge in [0, 0.05) is 159 Å². The molecule has 9 aromatic heterocycles. The molecule has 25 aromatic rings. The Kier molecular flexibility index (Phi) is 26.8. The second-order valence-electron chi connectivity index (χ2n) is 37.2. The number of para-hydroxylation sites is 8. The van der Waals surface area contributed by atoms with Crippen molar-refractivity contribution in [1.29, 1.82) is 0 Å². The molecule has 0 aliphatic carbocycles. The van der Waals surface area contributed by atoms with Crippen LogP contribution < -0.4 is 0 Å². The third kappa shape index (κ3) is 18.8. The number of benzene rings is 16. The van der Waals surface area contributed by atoms with Gasteiger partial charge in [-0.05, 0) is 169 Å². The Labute approximate surface area is 840 Å². The second-order valence-corrected chi connectivity index (χ2v) is 37.2. The van der Waals surface area contributed by atoms with Crippen molar-refractivity contribution in [3.63, 3.8) is 0 Å². The van der Waals surface area contributed by atoms with Crippen LogP contribution in [-0.4, -0.2) is 57.3 Å². The van der Waals surface area contributed by atoms with Crippen molar-refractivity contribution in [2.45, 2.75) is 55.4 Å². The lowest BCUT2D eigenvalue weighted by Crippen LogP contribution is -2.02. The highest BCUT2D eigenvalue weighted by Gasteiger charge is 2.23. The first kappa shape index (κ1) is 93.6. The van der Waals surface area contributed by atoms with Crippen LogP contribution >= 0.6 is 0 Å². The van der Waals surface area contributed by atoms with E-state index in [0.717, 1.165) is 67.6 Å². The molecule has 9 heterocycles. The average molecular weight is 1870 g/mol. The Hall–Kier alpha value is -18.0. The van der Waals surface area contributed by atoms with Crippen molar-refractivity contribution in [3.05, 3.63) is 495 Å². The molecule has 0 aliphatic rings. The predicted octanol–water partition coefficient (Wildman–Crippen LogP) is 33.7. The highest BCUT2D eigenvalue weighted by atomic mass is 15.0. The van der Waals surface area contributed by atoms with Gasteiger partial charge in [-0.15, -0.1) is 0 Å². The van der Waals surface area contributed by atoms with Gasteiger partial charge in [-0.25, -0.2) is 0 Å². The van der Waals surface area contributed by atoms with E-state index in [9.17, 15) is 0 Å². The SMILES string of the molecule is C=C(C)/C=C\C=C\c1cnc(-c2cccc(C)c2)cn1.C=C/C(C)=C\C=C\c1cnc(-c2ccc(C)cc2)cn1.Cc1ccc(-c2ccc(C)cc2-n2c3ccccc3c3ccccc32)c(-n2c3ccccc3c3ccccc32)c1.Cc1ccccc1-c1cnc(-c2ccccc2C)cn1.Cn1c2ccccc2c2cc3c(cc21)c1ccccc1n3C.Cn1c2ccccc2c2ccc3c4ccccc4n(C)c3c21. The maximum Gasteiger partial charge on any atom is 0.0888 e. The summed E-state index contributed by atoms with van der Waals surface area (Å²) in [4.78, 5) is 26.8. The molecule has 12 nitrogen and oxygen atoms in total. The number of nitrogens with zero attached hydrogens (tertiary/aromatic N) is 12. The first-order valence-electron chi connectivity index (χ1n) is 48.9. The van der Waals surface area contributed by atoms with Crippen molar-refractivity contribution in [1.82, 2.24) is 57.3 Å². The summed E-state index contributed by atoms with van der Waals surface area (Å²) in [6.45, 7) is 24.2. The number of aromatic nitrogens is 12. The maximum absolute atomic E-state index is 4.56. The Balaban J connectivity index is 0.000000108. The van der Waals surface area contributed by atoms with Crippen LogP contribution in [0.1, 0.15) is 58.6 Å². The van der Waals surface area contributed by atoms with E-state index in [1.165, 1.54) is 187 Å². The molecule has 0 atom stereocenters. The average Bonchev–Trinajstić information content (AvgIpc) is 1.57. The molecular formula is C132H112N12. The molecule has 0 aliphatic heterocycles. The van der Waals surface area contributed by atoms with Gasteiger partial charge in [-0.1, -0.05) is 345 Å². The van der Waals surface area contributed by atoms with Crippen LogP contribution in [0, 0.1) is 41.5 Å². The summed E-state index contributed by atoms with van der Waals surface area (Å²) in [6, 6.07) is 126.